The van der Waals surface area contributed by atoms with Gasteiger partial charge in [-0.15, -0.1) is 0 Å². The summed E-state index contributed by atoms with van der Waals surface area (Å²) >= 11 is 0. The average molecular weight is 591 g/mol. The number of hydrogen-bond acceptors (Lipinski definition) is 2. The predicted molar refractivity (Wildman–Crippen MR) is 188 cm³/mol. The van der Waals surface area contributed by atoms with Crippen molar-refractivity contribution in [3.63, 3.8) is 0 Å². The van der Waals surface area contributed by atoms with Crippen LogP contribution in [0.2, 0.25) is 0 Å². The predicted octanol–water partition coefficient (Wildman–Crippen LogP) is 14.0. The maximum Gasteiger partial charge on any atom is 0.333 e. The number of hydrogen-bond donors (Lipinski definition) is 0. The van der Waals surface area contributed by atoms with E-state index in [9.17, 15) is 4.79 Å². The highest BCUT2D eigenvalue weighted by molar-refractivity contribution is 5.86. The summed E-state index contributed by atoms with van der Waals surface area (Å²) < 4.78 is 5.58. The summed E-state index contributed by atoms with van der Waals surface area (Å²) in [5.41, 5.74) is 0.519. The summed E-state index contributed by atoms with van der Waals surface area (Å²) in [6.45, 7) is 15.4. The summed E-state index contributed by atoms with van der Waals surface area (Å²) in [5, 5.41) is 0. The highest BCUT2D eigenvalue weighted by Gasteiger charge is 2.12. The molecule has 0 radical (unpaired) electrons. The first-order chi connectivity index (χ1) is 20.3. The van der Waals surface area contributed by atoms with Gasteiger partial charge in [0.05, 0.1) is 6.61 Å². The van der Waals surface area contributed by atoms with E-state index >= 15 is 0 Å². The minimum atomic E-state index is -0.217. The molecule has 0 rings (SSSR count). The fourth-order valence-electron chi connectivity index (χ4n) is 6.13. The summed E-state index contributed by atoms with van der Waals surface area (Å²) in [4.78, 5) is 12.0. The third-order valence-corrected chi connectivity index (χ3v) is 9.09. The molecular formula is C40H78O2. The molecule has 0 aromatic carbocycles. The van der Waals surface area contributed by atoms with Crippen molar-refractivity contribution < 1.29 is 9.53 Å². The standard InChI is InChI=1S/C40H78O2/c1-36(2)31-27-23-19-15-11-8-7-9-13-17-21-25-29-33-39(35-42-40(41)38(5)6)34-30-26-22-18-14-10-12-16-20-24-28-32-37(3)4/h36-37,39H,5,7-35H2,1-4,6H3. The molecule has 0 aliphatic heterocycles. The van der Waals surface area contributed by atoms with Crippen LogP contribution in [-0.2, 0) is 9.53 Å². The Morgan fingerprint density at radius 2 is 0.690 bits per heavy atom. The van der Waals surface area contributed by atoms with E-state index in [2.05, 4.69) is 34.3 Å². The monoisotopic (exact) mass is 591 g/mol. The minimum absolute atomic E-state index is 0.217. The highest BCUT2D eigenvalue weighted by atomic mass is 16.5. The van der Waals surface area contributed by atoms with Crippen molar-refractivity contribution in [1.29, 1.82) is 0 Å². The second-order valence-corrected chi connectivity index (χ2v) is 14.7. The third kappa shape index (κ3) is 32.1. The zero-order valence-corrected chi connectivity index (χ0v) is 29.8. The van der Waals surface area contributed by atoms with Crippen LogP contribution in [0.25, 0.3) is 0 Å². The molecule has 1 unspecified atom stereocenters. The number of esters is 1. The Balaban J connectivity index is 3.76. The molecule has 2 heteroatoms. The third-order valence-electron chi connectivity index (χ3n) is 9.09. The van der Waals surface area contributed by atoms with Crippen molar-refractivity contribution in [3.8, 4) is 0 Å². The maximum absolute atomic E-state index is 12.0. The molecule has 0 fully saturated rings. The van der Waals surface area contributed by atoms with Gasteiger partial charge in [-0.25, -0.2) is 4.79 Å². The van der Waals surface area contributed by atoms with Crippen LogP contribution in [0.3, 0.4) is 0 Å². The Hall–Kier alpha value is -0.790. The zero-order chi connectivity index (χ0) is 31.1. The van der Waals surface area contributed by atoms with Gasteiger partial charge in [0.15, 0.2) is 0 Å². The molecule has 0 saturated carbocycles. The first-order valence-corrected chi connectivity index (χ1v) is 19.2. The van der Waals surface area contributed by atoms with Crippen molar-refractivity contribution in [2.75, 3.05) is 6.61 Å². The molecule has 0 aliphatic carbocycles. The van der Waals surface area contributed by atoms with Gasteiger partial charge in [-0.2, -0.15) is 0 Å². The first kappa shape index (κ1) is 41.2. The van der Waals surface area contributed by atoms with E-state index < -0.39 is 0 Å². The molecule has 0 heterocycles. The number of carbonyl (C=O) groups is 1. The van der Waals surface area contributed by atoms with Crippen LogP contribution in [-0.4, -0.2) is 12.6 Å². The van der Waals surface area contributed by atoms with E-state index in [4.69, 9.17) is 4.74 Å². The Kier molecular flexibility index (Phi) is 31.0. The molecule has 0 aromatic rings. The molecule has 0 N–H and O–H groups in total. The Labute approximate surface area is 266 Å². The van der Waals surface area contributed by atoms with Gasteiger partial charge in [-0.3, -0.25) is 0 Å². The van der Waals surface area contributed by atoms with Crippen molar-refractivity contribution >= 4 is 5.97 Å². The van der Waals surface area contributed by atoms with Crippen molar-refractivity contribution in [2.24, 2.45) is 17.8 Å². The number of rotatable bonds is 33. The first-order valence-electron chi connectivity index (χ1n) is 19.2. The molecule has 0 spiro atoms. The van der Waals surface area contributed by atoms with Crippen LogP contribution in [0.4, 0.5) is 0 Å². The molecule has 0 aromatic heterocycles. The topological polar surface area (TPSA) is 26.3 Å². The van der Waals surface area contributed by atoms with Gasteiger partial charge in [-0.1, -0.05) is 201 Å². The molecule has 250 valence electrons. The summed E-state index contributed by atoms with van der Waals surface area (Å²) in [6.07, 6.45) is 38.8. The highest BCUT2D eigenvalue weighted by Crippen LogP contribution is 2.21. The number of ether oxygens (including phenoxy) is 1. The second kappa shape index (κ2) is 31.6. The van der Waals surface area contributed by atoms with E-state index in [-0.39, 0.29) is 5.97 Å². The SMILES string of the molecule is C=C(C)C(=O)OCC(CCCCCCCCCCCCCCCC(C)C)CCCCCCCCCCCCCC(C)C. The van der Waals surface area contributed by atoms with E-state index in [1.807, 2.05) is 0 Å². The molecule has 1 atom stereocenters. The summed E-state index contributed by atoms with van der Waals surface area (Å²) in [6, 6.07) is 0. The molecule has 0 bridgehead atoms. The van der Waals surface area contributed by atoms with Gasteiger partial charge in [0.2, 0.25) is 0 Å². The molecule has 0 saturated heterocycles. The van der Waals surface area contributed by atoms with Gasteiger partial charge < -0.3 is 4.74 Å². The van der Waals surface area contributed by atoms with Gasteiger partial charge in [-0.05, 0) is 37.5 Å². The van der Waals surface area contributed by atoms with E-state index in [1.54, 1.807) is 6.92 Å². The Morgan fingerprint density at radius 1 is 0.452 bits per heavy atom. The summed E-state index contributed by atoms with van der Waals surface area (Å²) in [5.74, 6) is 2.04. The van der Waals surface area contributed by atoms with Crippen molar-refractivity contribution in [3.05, 3.63) is 12.2 Å². The van der Waals surface area contributed by atoms with Crippen molar-refractivity contribution in [1.82, 2.24) is 0 Å². The van der Waals surface area contributed by atoms with Crippen LogP contribution in [0.5, 0.6) is 0 Å². The fraction of sp³-hybridized carbons (Fsp3) is 0.925. The molecule has 0 amide bonds. The lowest BCUT2D eigenvalue weighted by Crippen LogP contribution is -2.15. The lowest BCUT2D eigenvalue weighted by atomic mass is 9.94. The smallest absolute Gasteiger partial charge is 0.333 e. The quantitative estimate of drug-likeness (QED) is 0.0431. The van der Waals surface area contributed by atoms with Crippen LogP contribution in [0.15, 0.2) is 12.2 Å². The lowest BCUT2D eigenvalue weighted by molar-refractivity contribution is -0.140. The molecule has 0 aliphatic rings. The van der Waals surface area contributed by atoms with Crippen LogP contribution in [0.1, 0.15) is 214 Å². The largest absolute Gasteiger partial charge is 0.462 e. The van der Waals surface area contributed by atoms with Gasteiger partial charge in [0.1, 0.15) is 0 Å². The maximum atomic E-state index is 12.0. The van der Waals surface area contributed by atoms with Crippen LogP contribution >= 0.6 is 0 Å². The van der Waals surface area contributed by atoms with Gasteiger partial charge in [0, 0.05) is 5.57 Å². The molecular weight excluding hydrogens is 512 g/mol. The van der Waals surface area contributed by atoms with Gasteiger partial charge in [0.25, 0.3) is 0 Å². The van der Waals surface area contributed by atoms with Crippen LogP contribution < -0.4 is 0 Å². The number of carbonyl (C=O) groups excluding carboxylic acids is 1. The van der Waals surface area contributed by atoms with E-state index in [0.717, 1.165) is 11.8 Å². The number of unbranched alkanes of at least 4 members (excludes halogenated alkanes) is 22. The van der Waals surface area contributed by atoms with Crippen LogP contribution in [0, 0.1) is 17.8 Å². The van der Waals surface area contributed by atoms with Crippen molar-refractivity contribution in [2.45, 2.75) is 214 Å². The van der Waals surface area contributed by atoms with E-state index in [1.165, 1.54) is 180 Å². The fourth-order valence-corrected chi connectivity index (χ4v) is 6.13. The zero-order valence-electron chi connectivity index (χ0n) is 29.8. The Morgan fingerprint density at radius 3 is 0.929 bits per heavy atom. The average Bonchev–Trinajstić information content (AvgIpc) is 2.95. The molecule has 2 nitrogen and oxygen atoms in total. The van der Waals surface area contributed by atoms with Gasteiger partial charge >= 0.3 is 5.97 Å². The second-order valence-electron chi connectivity index (χ2n) is 14.7. The molecule has 42 heavy (non-hydrogen) atoms. The normalized spacial score (nSPS) is 12.4. The lowest BCUT2D eigenvalue weighted by Gasteiger charge is -2.17. The Bertz CT molecular complexity index is 578. The minimum Gasteiger partial charge on any atom is -0.462 e. The summed E-state index contributed by atoms with van der Waals surface area (Å²) in [7, 11) is 0. The van der Waals surface area contributed by atoms with E-state index in [0.29, 0.717) is 18.1 Å².